The number of carbonyl (C=O) groups is 2. The number of hydrogen-bond donors (Lipinski definition) is 3. The molecule has 1 saturated heterocycles. The van der Waals surface area contributed by atoms with E-state index < -0.39 is 15.9 Å². The van der Waals surface area contributed by atoms with Crippen LogP contribution in [0.5, 0.6) is 0 Å². The van der Waals surface area contributed by atoms with Crippen molar-refractivity contribution in [3.05, 3.63) is 65.5 Å². The number of nitrogens with one attached hydrogen (secondary N) is 2. The first-order valence-corrected chi connectivity index (χ1v) is 14.6. The van der Waals surface area contributed by atoms with Gasteiger partial charge in [0.05, 0.1) is 12.1 Å². The van der Waals surface area contributed by atoms with Gasteiger partial charge >= 0.3 is 0 Å². The number of piperidine rings is 1. The Morgan fingerprint density at radius 3 is 2.53 bits per heavy atom. The molecule has 0 unspecified atom stereocenters. The van der Waals surface area contributed by atoms with Crippen LogP contribution in [0.2, 0.25) is 0 Å². The molecule has 5 rings (SSSR count). The van der Waals surface area contributed by atoms with Gasteiger partial charge in [-0.2, -0.15) is 4.31 Å². The third-order valence-corrected chi connectivity index (χ3v) is 10.4. The normalized spacial score (nSPS) is 15.1. The lowest BCUT2D eigenvalue weighted by molar-refractivity contribution is -0.117. The molecule has 0 saturated carbocycles. The molecule has 198 valence electrons. The summed E-state index contributed by atoms with van der Waals surface area (Å²) in [5.41, 5.74) is 10.8. The molecule has 1 aliphatic heterocycles. The second-order valence-electron chi connectivity index (χ2n) is 9.56. The average molecular weight is 552 g/mol. The number of amides is 2. The van der Waals surface area contributed by atoms with E-state index in [2.05, 4.69) is 21.4 Å². The fraction of sp³-hybridized carbons (Fsp3) is 0.296. The van der Waals surface area contributed by atoms with Crippen LogP contribution in [0.3, 0.4) is 0 Å². The summed E-state index contributed by atoms with van der Waals surface area (Å²) in [6, 6.07) is 14.1. The predicted molar refractivity (Wildman–Crippen MR) is 149 cm³/mol. The zero-order valence-corrected chi connectivity index (χ0v) is 22.8. The number of fused-ring (bicyclic) bond motifs is 1. The molecule has 2 amide bonds. The molecule has 2 aromatic heterocycles. The summed E-state index contributed by atoms with van der Waals surface area (Å²) in [6.45, 7) is 3.75. The van der Waals surface area contributed by atoms with Crippen molar-refractivity contribution in [3.8, 4) is 11.1 Å². The number of aryl methyl sites for hydroxylation is 1. The Hall–Kier alpha value is -3.54. The molecule has 4 aromatic rings. The van der Waals surface area contributed by atoms with E-state index in [4.69, 9.17) is 5.73 Å². The Morgan fingerprint density at radius 1 is 1.16 bits per heavy atom. The van der Waals surface area contributed by atoms with Crippen LogP contribution in [0.25, 0.3) is 22.0 Å². The smallest absolute Gasteiger partial charge is 0.254 e. The molecule has 2 aromatic carbocycles. The fourth-order valence-electron chi connectivity index (χ4n) is 5.14. The highest BCUT2D eigenvalue weighted by molar-refractivity contribution is 7.91. The molecular formula is C27H29N5O4S2. The predicted octanol–water partition coefficient (Wildman–Crippen LogP) is 4.15. The highest BCUT2D eigenvalue weighted by Gasteiger charge is 2.34. The fourth-order valence-corrected chi connectivity index (χ4v) is 8.21. The Balaban J connectivity index is 1.42. The molecule has 3 heterocycles. The lowest BCUT2D eigenvalue weighted by Gasteiger charge is -2.31. The van der Waals surface area contributed by atoms with Gasteiger partial charge in [0.25, 0.3) is 10.0 Å². The third-order valence-electron chi connectivity index (χ3n) is 6.88. The van der Waals surface area contributed by atoms with Crippen molar-refractivity contribution < 1.29 is 18.0 Å². The molecule has 0 radical (unpaired) electrons. The second-order valence-corrected chi connectivity index (χ2v) is 12.7. The van der Waals surface area contributed by atoms with E-state index in [1.807, 2.05) is 42.6 Å². The standard InChI is InChI=1S/C27H29N5O4S2/c1-16-26(37-27(30-16)31-17(2)33)38(35,36)32-10-8-19(9-11-32)23-15-29-25-21(14-24(28)34)12-20(13-22(23)25)18-6-4-3-5-7-18/h3-7,12-13,15,19,29H,8-11,14H2,1-2H3,(H2,28,34)(H,30,31,33). The number of anilines is 1. The lowest BCUT2D eigenvalue weighted by atomic mass is 9.88. The van der Waals surface area contributed by atoms with Crippen molar-refractivity contribution in [1.82, 2.24) is 14.3 Å². The number of thiazole rings is 1. The summed E-state index contributed by atoms with van der Waals surface area (Å²) < 4.78 is 28.5. The highest BCUT2D eigenvalue weighted by atomic mass is 32.2. The molecule has 4 N–H and O–H groups in total. The molecule has 1 fully saturated rings. The van der Waals surface area contributed by atoms with Crippen LogP contribution < -0.4 is 11.1 Å². The quantitative estimate of drug-likeness (QED) is 0.317. The van der Waals surface area contributed by atoms with E-state index in [1.165, 1.54) is 11.2 Å². The maximum absolute atomic E-state index is 13.4. The van der Waals surface area contributed by atoms with Gasteiger partial charge in [-0.25, -0.2) is 13.4 Å². The summed E-state index contributed by atoms with van der Waals surface area (Å²) in [7, 11) is -3.73. The highest BCUT2D eigenvalue weighted by Crippen LogP contribution is 2.39. The monoisotopic (exact) mass is 551 g/mol. The molecule has 9 nitrogen and oxygen atoms in total. The van der Waals surface area contributed by atoms with Crippen molar-refractivity contribution in [3.63, 3.8) is 0 Å². The molecule has 0 aliphatic carbocycles. The number of aromatic amines is 1. The van der Waals surface area contributed by atoms with Crippen LogP contribution in [-0.2, 0) is 26.0 Å². The number of sulfonamides is 1. The van der Waals surface area contributed by atoms with Gasteiger partial charge in [0.2, 0.25) is 11.8 Å². The number of hydrogen-bond acceptors (Lipinski definition) is 6. The average Bonchev–Trinajstić information content (AvgIpc) is 3.47. The summed E-state index contributed by atoms with van der Waals surface area (Å²) >= 11 is 0.979. The van der Waals surface area contributed by atoms with E-state index in [9.17, 15) is 18.0 Å². The zero-order valence-electron chi connectivity index (χ0n) is 21.2. The first-order chi connectivity index (χ1) is 18.1. The Kier molecular flexibility index (Phi) is 7.08. The van der Waals surface area contributed by atoms with Crippen molar-refractivity contribution in [2.24, 2.45) is 5.73 Å². The van der Waals surface area contributed by atoms with Gasteiger partial charge in [-0.05, 0) is 60.1 Å². The number of nitrogens with zero attached hydrogens (tertiary/aromatic N) is 2. The number of nitrogens with two attached hydrogens (primary N) is 1. The first kappa shape index (κ1) is 26.1. The lowest BCUT2D eigenvalue weighted by Crippen LogP contribution is -2.37. The van der Waals surface area contributed by atoms with E-state index >= 15 is 0 Å². The van der Waals surface area contributed by atoms with E-state index in [0.29, 0.717) is 31.6 Å². The molecule has 38 heavy (non-hydrogen) atoms. The molecule has 0 atom stereocenters. The van der Waals surface area contributed by atoms with Gasteiger partial charge < -0.3 is 16.0 Å². The second kappa shape index (κ2) is 10.3. The van der Waals surface area contributed by atoms with Crippen LogP contribution in [-0.4, -0.2) is 47.6 Å². The summed E-state index contributed by atoms with van der Waals surface area (Å²) in [4.78, 5) is 30.7. The van der Waals surface area contributed by atoms with Crippen LogP contribution in [0, 0.1) is 6.92 Å². The van der Waals surface area contributed by atoms with Crippen LogP contribution in [0.15, 0.2) is 52.9 Å². The van der Waals surface area contributed by atoms with Crippen molar-refractivity contribution >= 4 is 49.2 Å². The third kappa shape index (κ3) is 5.09. The number of rotatable bonds is 7. The van der Waals surface area contributed by atoms with Gasteiger partial charge in [-0.1, -0.05) is 41.7 Å². The maximum atomic E-state index is 13.4. The van der Waals surface area contributed by atoms with Crippen molar-refractivity contribution in [2.45, 2.75) is 43.2 Å². The maximum Gasteiger partial charge on any atom is 0.254 e. The number of benzene rings is 2. The Bertz CT molecular complexity index is 1620. The number of aromatic nitrogens is 2. The van der Waals surface area contributed by atoms with E-state index in [-0.39, 0.29) is 27.6 Å². The summed E-state index contributed by atoms with van der Waals surface area (Å²) in [6.07, 6.45) is 3.42. The SMILES string of the molecule is CC(=O)Nc1nc(C)c(S(=O)(=O)N2CCC(c3c[nH]c4c(CC(N)=O)cc(-c5ccccc5)cc34)CC2)s1. The molecular weight excluding hydrogens is 522 g/mol. The van der Waals surface area contributed by atoms with Crippen LogP contribution in [0.1, 0.15) is 42.5 Å². The van der Waals surface area contributed by atoms with Crippen LogP contribution >= 0.6 is 11.3 Å². The van der Waals surface area contributed by atoms with Crippen LogP contribution in [0.4, 0.5) is 5.13 Å². The van der Waals surface area contributed by atoms with Gasteiger partial charge in [0.15, 0.2) is 9.34 Å². The Morgan fingerprint density at radius 2 is 1.87 bits per heavy atom. The van der Waals surface area contributed by atoms with Gasteiger partial charge in [-0.15, -0.1) is 0 Å². The number of H-pyrrole nitrogens is 1. The zero-order chi connectivity index (χ0) is 27.0. The molecule has 0 bridgehead atoms. The summed E-state index contributed by atoms with van der Waals surface area (Å²) in [5.74, 6) is -0.539. The number of carbonyl (C=O) groups excluding carboxylic acids is 2. The largest absolute Gasteiger partial charge is 0.369 e. The molecule has 0 spiro atoms. The van der Waals surface area contributed by atoms with E-state index in [1.54, 1.807) is 6.92 Å². The first-order valence-electron chi connectivity index (χ1n) is 12.4. The Labute approximate surface area is 225 Å². The van der Waals surface area contributed by atoms with Gasteiger partial charge in [0.1, 0.15) is 0 Å². The molecule has 11 heteroatoms. The van der Waals surface area contributed by atoms with Crippen molar-refractivity contribution in [2.75, 3.05) is 18.4 Å². The van der Waals surface area contributed by atoms with Gasteiger partial charge in [-0.3, -0.25) is 9.59 Å². The minimum absolute atomic E-state index is 0.127. The van der Waals surface area contributed by atoms with E-state index in [0.717, 1.165) is 44.5 Å². The number of primary amides is 1. The topological polar surface area (TPSA) is 138 Å². The summed E-state index contributed by atoms with van der Waals surface area (Å²) in [5, 5.41) is 3.88. The van der Waals surface area contributed by atoms with Gasteiger partial charge in [0, 0.05) is 37.1 Å². The van der Waals surface area contributed by atoms with Crippen molar-refractivity contribution in [1.29, 1.82) is 0 Å². The minimum Gasteiger partial charge on any atom is -0.369 e. The minimum atomic E-state index is -3.73. The molecule has 1 aliphatic rings.